The van der Waals surface area contributed by atoms with Crippen LogP contribution in [0.15, 0.2) is 27.6 Å². The molecule has 0 saturated carbocycles. The first kappa shape index (κ1) is 13.2. The molecule has 16 heavy (non-hydrogen) atoms. The third kappa shape index (κ3) is 3.04. The lowest BCUT2D eigenvalue weighted by molar-refractivity contribution is 0.584. The van der Waals surface area contributed by atoms with Crippen LogP contribution >= 0.6 is 15.9 Å². The van der Waals surface area contributed by atoms with E-state index in [1.165, 1.54) is 6.07 Å². The van der Waals surface area contributed by atoms with E-state index in [1.807, 2.05) is 6.92 Å². The fraction of sp³-hybridized carbons (Fsp3) is 0.300. The summed E-state index contributed by atoms with van der Waals surface area (Å²) in [7, 11) is -3.58. The summed E-state index contributed by atoms with van der Waals surface area (Å²) < 4.78 is 26.7. The number of hydrogen-bond donors (Lipinski definition) is 1. The zero-order valence-electron chi connectivity index (χ0n) is 8.70. The van der Waals surface area contributed by atoms with Gasteiger partial charge in [0.1, 0.15) is 0 Å². The van der Waals surface area contributed by atoms with Crippen LogP contribution in [0.25, 0.3) is 0 Å². The largest absolute Gasteiger partial charge is 0.241 e. The molecule has 1 aromatic rings. The summed E-state index contributed by atoms with van der Waals surface area (Å²) in [6.07, 6.45) is 0.613. The molecule has 0 aliphatic carbocycles. The van der Waals surface area contributed by atoms with Crippen LogP contribution in [-0.4, -0.2) is 15.0 Å². The first-order valence-electron chi connectivity index (χ1n) is 4.66. The molecule has 0 aliphatic heterocycles. The first-order valence-corrected chi connectivity index (χ1v) is 6.94. The second-order valence-corrected chi connectivity index (χ2v) is 5.74. The van der Waals surface area contributed by atoms with Crippen LogP contribution in [0, 0.1) is 11.3 Å². The van der Waals surface area contributed by atoms with Crippen LogP contribution < -0.4 is 4.72 Å². The summed E-state index contributed by atoms with van der Waals surface area (Å²) in [5.41, 5.74) is 0.722. The van der Waals surface area contributed by atoms with Gasteiger partial charge in [0.05, 0.1) is 17.5 Å². The highest BCUT2D eigenvalue weighted by Gasteiger charge is 2.17. The van der Waals surface area contributed by atoms with Crippen molar-refractivity contribution in [3.8, 4) is 6.07 Å². The molecular formula is C10H11BrN2O2S. The van der Waals surface area contributed by atoms with Crippen molar-refractivity contribution in [1.82, 2.24) is 4.72 Å². The minimum atomic E-state index is -3.58. The van der Waals surface area contributed by atoms with Crippen molar-refractivity contribution in [3.05, 3.63) is 28.2 Å². The second-order valence-electron chi connectivity index (χ2n) is 3.09. The Labute approximate surface area is 103 Å². The van der Waals surface area contributed by atoms with E-state index in [-0.39, 0.29) is 11.4 Å². The maximum Gasteiger partial charge on any atom is 0.241 e. The van der Waals surface area contributed by atoms with Crippen molar-refractivity contribution in [1.29, 1.82) is 5.26 Å². The number of sulfonamides is 1. The molecule has 0 bridgehead atoms. The summed E-state index contributed by atoms with van der Waals surface area (Å²) >= 11 is 3.29. The molecule has 0 heterocycles. The maximum absolute atomic E-state index is 11.8. The molecule has 4 nitrogen and oxygen atoms in total. The van der Waals surface area contributed by atoms with E-state index in [0.717, 1.165) is 10.0 Å². The highest BCUT2D eigenvalue weighted by Crippen LogP contribution is 2.21. The predicted molar refractivity (Wildman–Crippen MR) is 64.3 cm³/mol. The number of nitriles is 1. The summed E-state index contributed by atoms with van der Waals surface area (Å²) in [6, 6.07) is 6.70. The zero-order valence-corrected chi connectivity index (χ0v) is 11.1. The lowest BCUT2D eigenvalue weighted by Crippen LogP contribution is -2.24. The SMILES string of the molecule is CCc1cc(Br)ccc1S(=O)(=O)NCC#N. The van der Waals surface area contributed by atoms with Crippen molar-refractivity contribution >= 4 is 26.0 Å². The van der Waals surface area contributed by atoms with Gasteiger partial charge >= 0.3 is 0 Å². The topological polar surface area (TPSA) is 70.0 Å². The maximum atomic E-state index is 11.8. The summed E-state index contributed by atoms with van der Waals surface area (Å²) in [5.74, 6) is 0. The van der Waals surface area contributed by atoms with Crippen LogP contribution in [0.3, 0.4) is 0 Å². The van der Waals surface area contributed by atoms with E-state index in [1.54, 1.807) is 18.2 Å². The molecule has 0 unspecified atom stereocenters. The van der Waals surface area contributed by atoms with Gasteiger partial charge in [0.15, 0.2) is 0 Å². The van der Waals surface area contributed by atoms with Gasteiger partial charge in [-0.15, -0.1) is 0 Å². The highest BCUT2D eigenvalue weighted by atomic mass is 79.9. The Bertz CT molecular complexity index is 520. The Kier molecular flexibility index (Phi) is 4.47. The van der Waals surface area contributed by atoms with Crippen molar-refractivity contribution in [2.45, 2.75) is 18.2 Å². The molecular weight excluding hydrogens is 292 g/mol. The van der Waals surface area contributed by atoms with Gasteiger partial charge in [-0.1, -0.05) is 22.9 Å². The summed E-state index contributed by atoms with van der Waals surface area (Å²) in [5, 5.41) is 8.36. The smallest absolute Gasteiger partial charge is 0.207 e. The second kappa shape index (κ2) is 5.43. The van der Waals surface area contributed by atoms with Gasteiger partial charge in [-0.05, 0) is 30.2 Å². The third-order valence-corrected chi connectivity index (χ3v) is 4.03. The molecule has 86 valence electrons. The number of hydrogen-bond acceptors (Lipinski definition) is 3. The molecule has 0 saturated heterocycles. The number of halogens is 1. The fourth-order valence-corrected chi connectivity index (χ4v) is 2.91. The standard InChI is InChI=1S/C10H11BrN2O2S/c1-2-8-7-9(11)3-4-10(8)16(14,15)13-6-5-12/h3-4,7,13H,2,6H2,1H3. The van der Waals surface area contributed by atoms with E-state index in [0.29, 0.717) is 6.42 Å². The average Bonchev–Trinajstić information content (AvgIpc) is 2.26. The minimum absolute atomic E-state index is 0.221. The number of aryl methyl sites for hydroxylation is 1. The molecule has 1 aromatic carbocycles. The Morgan fingerprint density at radius 1 is 1.50 bits per heavy atom. The van der Waals surface area contributed by atoms with E-state index >= 15 is 0 Å². The summed E-state index contributed by atoms with van der Waals surface area (Å²) in [6.45, 7) is 1.66. The van der Waals surface area contributed by atoms with E-state index in [2.05, 4.69) is 20.7 Å². The molecule has 0 fully saturated rings. The highest BCUT2D eigenvalue weighted by molar-refractivity contribution is 9.10. The lowest BCUT2D eigenvalue weighted by atomic mass is 10.2. The number of rotatable bonds is 4. The van der Waals surface area contributed by atoms with Crippen molar-refractivity contribution in [2.24, 2.45) is 0 Å². The number of nitrogens with one attached hydrogen (secondary N) is 1. The van der Waals surface area contributed by atoms with Crippen LogP contribution in [-0.2, 0) is 16.4 Å². The Morgan fingerprint density at radius 2 is 2.19 bits per heavy atom. The first-order chi connectivity index (χ1) is 7.51. The fourth-order valence-electron chi connectivity index (χ4n) is 1.29. The lowest BCUT2D eigenvalue weighted by Gasteiger charge is -2.09. The van der Waals surface area contributed by atoms with Crippen LogP contribution in [0.5, 0.6) is 0 Å². The van der Waals surface area contributed by atoms with Gasteiger partial charge in [-0.3, -0.25) is 0 Å². The minimum Gasteiger partial charge on any atom is -0.207 e. The molecule has 0 radical (unpaired) electrons. The van der Waals surface area contributed by atoms with E-state index in [9.17, 15) is 8.42 Å². The Balaban J connectivity index is 3.18. The number of benzene rings is 1. The van der Waals surface area contributed by atoms with Gasteiger partial charge in [-0.25, -0.2) is 8.42 Å². The van der Waals surface area contributed by atoms with Gasteiger partial charge in [0.25, 0.3) is 0 Å². The van der Waals surface area contributed by atoms with Gasteiger partial charge in [0, 0.05) is 4.47 Å². The predicted octanol–water partition coefficient (Wildman–Crippen LogP) is 1.81. The molecule has 0 aromatic heterocycles. The Hall–Kier alpha value is -0.900. The van der Waals surface area contributed by atoms with Gasteiger partial charge in [-0.2, -0.15) is 9.98 Å². The zero-order chi connectivity index (χ0) is 12.2. The quantitative estimate of drug-likeness (QED) is 0.862. The van der Waals surface area contributed by atoms with Crippen molar-refractivity contribution in [3.63, 3.8) is 0 Å². The summed E-state index contributed by atoms with van der Waals surface area (Å²) in [4.78, 5) is 0.230. The normalized spacial score (nSPS) is 11.1. The molecule has 0 aliphatic rings. The van der Waals surface area contributed by atoms with E-state index in [4.69, 9.17) is 5.26 Å². The molecule has 6 heteroatoms. The van der Waals surface area contributed by atoms with Crippen molar-refractivity contribution in [2.75, 3.05) is 6.54 Å². The molecule has 1 N–H and O–H groups in total. The molecule has 0 spiro atoms. The third-order valence-electron chi connectivity index (χ3n) is 2.03. The van der Waals surface area contributed by atoms with Gasteiger partial charge in [0.2, 0.25) is 10.0 Å². The van der Waals surface area contributed by atoms with E-state index < -0.39 is 10.0 Å². The monoisotopic (exact) mass is 302 g/mol. The van der Waals surface area contributed by atoms with Crippen LogP contribution in [0.2, 0.25) is 0 Å². The molecule has 0 amide bonds. The molecule has 1 rings (SSSR count). The van der Waals surface area contributed by atoms with Crippen molar-refractivity contribution < 1.29 is 8.42 Å². The Morgan fingerprint density at radius 3 is 2.75 bits per heavy atom. The van der Waals surface area contributed by atoms with Crippen LogP contribution in [0.1, 0.15) is 12.5 Å². The van der Waals surface area contributed by atoms with Gasteiger partial charge < -0.3 is 0 Å². The number of nitrogens with zero attached hydrogens (tertiary/aromatic N) is 1. The molecule has 0 atom stereocenters. The average molecular weight is 303 g/mol. The van der Waals surface area contributed by atoms with Crippen LogP contribution in [0.4, 0.5) is 0 Å².